The van der Waals surface area contributed by atoms with Crippen molar-refractivity contribution >= 4 is 16.9 Å². The summed E-state index contributed by atoms with van der Waals surface area (Å²) in [5, 5.41) is 0. The largest absolute Gasteiger partial charge is 0.332 e. The highest BCUT2D eigenvalue weighted by Gasteiger charge is 2.24. The minimum atomic E-state index is -0.434. The Labute approximate surface area is 148 Å². The molecule has 1 aliphatic carbocycles. The number of aromatic nitrogens is 5. The van der Waals surface area contributed by atoms with Gasteiger partial charge in [-0.1, -0.05) is 0 Å². The SMILES string of the molecule is CC(=O)c1ccc(Cn2c(=O)c3c(ncn3CC3CC3)n(C)c2=O)nc1. The molecule has 3 heterocycles. The molecule has 8 nitrogen and oxygen atoms in total. The van der Waals surface area contributed by atoms with Crippen LogP contribution in [0.1, 0.15) is 35.8 Å². The third kappa shape index (κ3) is 2.77. The van der Waals surface area contributed by atoms with Crippen molar-refractivity contribution in [1.82, 2.24) is 23.7 Å². The van der Waals surface area contributed by atoms with Gasteiger partial charge in [0.25, 0.3) is 5.56 Å². The van der Waals surface area contributed by atoms with E-state index < -0.39 is 5.69 Å². The molecule has 8 heteroatoms. The predicted octanol–water partition coefficient (Wildman–Crippen LogP) is 0.953. The van der Waals surface area contributed by atoms with Gasteiger partial charge in [0.1, 0.15) is 0 Å². The highest BCUT2D eigenvalue weighted by atomic mass is 16.2. The molecular weight excluding hydrogens is 334 g/mol. The molecule has 0 aromatic carbocycles. The molecule has 0 unspecified atom stereocenters. The number of Topliss-reactive ketones (excluding diaryl/α,β-unsaturated/α-hetero) is 1. The molecule has 0 saturated heterocycles. The number of fused-ring (bicyclic) bond motifs is 1. The summed E-state index contributed by atoms with van der Waals surface area (Å²) in [7, 11) is 1.61. The van der Waals surface area contributed by atoms with Crippen molar-refractivity contribution in [3.8, 4) is 0 Å². The summed E-state index contributed by atoms with van der Waals surface area (Å²) in [6, 6.07) is 3.31. The summed E-state index contributed by atoms with van der Waals surface area (Å²) in [5.74, 6) is 0.501. The van der Waals surface area contributed by atoms with Crippen molar-refractivity contribution < 1.29 is 4.79 Å². The molecule has 3 aromatic rings. The monoisotopic (exact) mass is 353 g/mol. The average Bonchev–Trinajstić information content (AvgIpc) is 3.34. The van der Waals surface area contributed by atoms with Crippen molar-refractivity contribution in [3.63, 3.8) is 0 Å². The Hall–Kier alpha value is -3.03. The summed E-state index contributed by atoms with van der Waals surface area (Å²) in [6.07, 6.45) is 5.41. The van der Waals surface area contributed by atoms with Crippen molar-refractivity contribution in [2.45, 2.75) is 32.9 Å². The number of hydrogen-bond donors (Lipinski definition) is 0. The van der Waals surface area contributed by atoms with E-state index >= 15 is 0 Å². The van der Waals surface area contributed by atoms with Crippen LogP contribution < -0.4 is 11.2 Å². The maximum atomic E-state index is 13.0. The van der Waals surface area contributed by atoms with E-state index in [0.717, 1.165) is 19.4 Å². The molecule has 0 radical (unpaired) electrons. The first-order valence-electron chi connectivity index (χ1n) is 8.56. The van der Waals surface area contributed by atoms with Gasteiger partial charge in [-0.3, -0.25) is 23.7 Å². The summed E-state index contributed by atoms with van der Waals surface area (Å²) in [6.45, 7) is 2.26. The highest BCUT2D eigenvalue weighted by Crippen LogP contribution is 2.31. The summed E-state index contributed by atoms with van der Waals surface area (Å²) < 4.78 is 4.41. The second-order valence-electron chi connectivity index (χ2n) is 6.84. The maximum absolute atomic E-state index is 13.0. The number of pyridine rings is 1. The van der Waals surface area contributed by atoms with Gasteiger partial charge in [-0.2, -0.15) is 0 Å². The fourth-order valence-corrected chi connectivity index (χ4v) is 3.07. The lowest BCUT2D eigenvalue weighted by Crippen LogP contribution is -2.40. The Balaban J connectivity index is 1.79. The Kier molecular flexibility index (Phi) is 3.82. The summed E-state index contributed by atoms with van der Waals surface area (Å²) >= 11 is 0. The normalized spacial score (nSPS) is 14.1. The van der Waals surface area contributed by atoms with Crippen LogP contribution in [0.5, 0.6) is 0 Å². The van der Waals surface area contributed by atoms with E-state index in [-0.39, 0.29) is 17.9 Å². The zero-order valence-electron chi connectivity index (χ0n) is 14.7. The average molecular weight is 353 g/mol. The molecule has 0 aliphatic heterocycles. The number of nitrogens with zero attached hydrogens (tertiary/aromatic N) is 5. The zero-order valence-corrected chi connectivity index (χ0v) is 14.7. The quantitative estimate of drug-likeness (QED) is 0.637. The Bertz CT molecular complexity index is 1120. The van der Waals surface area contributed by atoms with Gasteiger partial charge in [0.05, 0.1) is 18.6 Å². The van der Waals surface area contributed by atoms with Gasteiger partial charge in [0, 0.05) is 25.4 Å². The van der Waals surface area contributed by atoms with E-state index in [1.54, 1.807) is 25.5 Å². The maximum Gasteiger partial charge on any atom is 0.332 e. The van der Waals surface area contributed by atoms with Crippen LogP contribution in [0, 0.1) is 5.92 Å². The van der Waals surface area contributed by atoms with E-state index in [9.17, 15) is 14.4 Å². The van der Waals surface area contributed by atoms with Crippen LogP contribution in [-0.4, -0.2) is 29.5 Å². The number of carbonyl (C=O) groups is 1. The van der Waals surface area contributed by atoms with Gasteiger partial charge in [0.15, 0.2) is 16.9 Å². The van der Waals surface area contributed by atoms with Crippen LogP contribution in [0.2, 0.25) is 0 Å². The van der Waals surface area contributed by atoms with E-state index in [4.69, 9.17) is 0 Å². The molecule has 3 aromatic heterocycles. The van der Waals surface area contributed by atoms with E-state index in [2.05, 4.69) is 9.97 Å². The van der Waals surface area contributed by atoms with Gasteiger partial charge in [0.2, 0.25) is 0 Å². The van der Waals surface area contributed by atoms with Crippen LogP contribution in [0.4, 0.5) is 0 Å². The molecule has 4 rings (SSSR count). The van der Waals surface area contributed by atoms with Crippen molar-refractivity contribution in [1.29, 1.82) is 0 Å². The molecule has 134 valence electrons. The van der Waals surface area contributed by atoms with Crippen LogP contribution in [0.15, 0.2) is 34.2 Å². The first-order chi connectivity index (χ1) is 12.5. The zero-order chi connectivity index (χ0) is 18.4. The molecule has 26 heavy (non-hydrogen) atoms. The first kappa shape index (κ1) is 16.4. The minimum Gasteiger partial charge on any atom is -0.324 e. The van der Waals surface area contributed by atoms with E-state index in [0.29, 0.717) is 28.3 Å². The number of rotatable bonds is 5. The third-order valence-electron chi connectivity index (χ3n) is 4.80. The molecule has 0 N–H and O–H groups in total. The predicted molar refractivity (Wildman–Crippen MR) is 95.3 cm³/mol. The topological polar surface area (TPSA) is 91.8 Å². The van der Waals surface area contributed by atoms with Crippen LogP contribution >= 0.6 is 0 Å². The smallest absolute Gasteiger partial charge is 0.324 e. The molecule has 0 amide bonds. The van der Waals surface area contributed by atoms with E-state index in [1.165, 1.54) is 22.3 Å². The molecule has 1 saturated carbocycles. The van der Waals surface area contributed by atoms with Crippen molar-refractivity contribution in [2.75, 3.05) is 0 Å². The summed E-state index contributed by atoms with van der Waals surface area (Å²) in [5.41, 5.74) is 1.08. The number of carbonyl (C=O) groups excluding carboxylic acids is 1. The molecule has 1 fully saturated rings. The Morgan fingerprint density at radius 2 is 2.00 bits per heavy atom. The lowest BCUT2D eigenvalue weighted by atomic mass is 10.2. The Morgan fingerprint density at radius 1 is 1.23 bits per heavy atom. The van der Waals surface area contributed by atoms with Crippen molar-refractivity contribution in [3.05, 3.63) is 56.8 Å². The fraction of sp³-hybridized carbons (Fsp3) is 0.389. The molecule has 0 bridgehead atoms. The molecule has 0 spiro atoms. The first-order valence-corrected chi connectivity index (χ1v) is 8.56. The number of aryl methyl sites for hydroxylation is 1. The van der Waals surface area contributed by atoms with Gasteiger partial charge >= 0.3 is 5.69 Å². The van der Waals surface area contributed by atoms with Crippen LogP contribution in [-0.2, 0) is 20.1 Å². The number of hydrogen-bond acceptors (Lipinski definition) is 5. The van der Waals surface area contributed by atoms with Crippen LogP contribution in [0.3, 0.4) is 0 Å². The molecule has 0 atom stereocenters. The number of imidazole rings is 1. The lowest BCUT2D eigenvalue weighted by molar-refractivity contribution is 0.101. The second kappa shape index (κ2) is 6.05. The van der Waals surface area contributed by atoms with Gasteiger partial charge in [-0.05, 0) is 37.8 Å². The number of ketones is 1. The minimum absolute atomic E-state index is 0.0498. The highest BCUT2D eigenvalue weighted by molar-refractivity contribution is 5.93. The van der Waals surface area contributed by atoms with Gasteiger partial charge < -0.3 is 4.57 Å². The fourth-order valence-electron chi connectivity index (χ4n) is 3.07. The molecular formula is C18H19N5O3. The van der Waals surface area contributed by atoms with Crippen molar-refractivity contribution in [2.24, 2.45) is 13.0 Å². The second-order valence-corrected chi connectivity index (χ2v) is 6.84. The summed E-state index contributed by atoms with van der Waals surface area (Å²) in [4.78, 5) is 45.4. The van der Waals surface area contributed by atoms with Gasteiger partial charge in [-0.15, -0.1) is 0 Å². The van der Waals surface area contributed by atoms with Crippen LogP contribution in [0.25, 0.3) is 11.2 Å². The van der Waals surface area contributed by atoms with E-state index in [1.807, 2.05) is 4.57 Å². The standard InChI is InChI=1S/C18H19N5O3/c1-11(24)13-5-6-14(19-7-13)9-23-17(25)15-16(21(2)18(23)26)20-10-22(15)8-12-3-4-12/h5-7,10,12H,3-4,8-9H2,1-2H3. The van der Waals surface area contributed by atoms with Gasteiger partial charge in [-0.25, -0.2) is 9.78 Å². The lowest BCUT2D eigenvalue weighted by Gasteiger charge is -2.09. The molecule has 1 aliphatic rings. The third-order valence-corrected chi connectivity index (χ3v) is 4.80. The Morgan fingerprint density at radius 3 is 2.62 bits per heavy atom.